The molecule has 3 heteroatoms. The topological polar surface area (TPSA) is 15.7 Å². The summed E-state index contributed by atoms with van der Waals surface area (Å²) in [5, 5.41) is 0. The number of hydrogen-bond acceptors (Lipinski definition) is 3. The molecular weight excluding hydrogens is 260 g/mol. The van der Waals surface area contributed by atoms with Gasteiger partial charge in [-0.1, -0.05) is 11.5 Å². The van der Waals surface area contributed by atoms with E-state index in [4.69, 9.17) is 4.74 Å². The lowest BCUT2D eigenvalue weighted by molar-refractivity contribution is 0.162. The fourth-order valence-corrected chi connectivity index (χ4v) is 3.54. The lowest BCUT2D eigenvalue weighted by Gasteiger charge is -2.28. The number of nitrogens with zero attached hydrogens (tertiary/aromatic N) is 2. The zero-order chi connectivity index (χ0) is 14.3. The second-order valence-corrected chi connectivity index (χ2v) is 6.21. The Hall–Kier alpha value is -1.24. The summed E-state index contributed by atoms with van der Waals surface area (Å²) in [5.41, 5.74) is 5.81. The Kier molecular flexibility index (Phi) is 5.37. The average Bonchev–Trinajstić information content (AvgIpc) is 3.18. The minimum absolute atomic E-state index is 0.780. The molecule has 21 heavy (non-hydrogen) atoms. The van der Waals surface area contributed by atoms with Crippen molar-refractivity contribution in [3.05, 3.63) is 35.4 Å². The number of allylic oxidation sites excluding steroid dienone is 3. The van der Waals surface area contributed by atoms with Crippen LogP contribution in [0.25, 0.3) is 0 Å². The summed E-state index contributed by atoms with van der Waals surface area (Å²) in [7, 11) is 0. The van der Waals surface area contributed by atoms with Gasteiger partial charge in [0.1, 0.15) is 5.76 Å². The summed E-state index contributed by atoms with van der Waals surface area (Å²) in [6.45, 7) is 7.15. The third kappa shape index (κ3) is 4.36. The molecule has 3 rings (SSSR count). The van der Waals surface area contributed by atoms with Crippen LogP contribution in [0.5, 0.6) is 0 Å². The van der Waals surface area contributed by atoms with Crippen molar-refractivity contribution >= 4 is 0 Å². The van der Waals surface area contributed by atoms with E-state index in [2.05, 4.69) is 21.3 Å². The summed E-state index contributed by atoms with van der Waals surface area (Å²) in [4.78, 5) is 5.32. The molecule has 0 radical (unpaired) electrons. The number of rotatable bonds is 7. The lowest BCUT2D eigenvalue weighted by atomic mass is 10.2. The van der Waals surface area contributed by atoms with Crippen LogP contribution in [-0.2, 0) is 4.74 Å². The molecular formula is C18H26N2O. The highest BCUT2D eigenvalue weighted by molar-refractivity contribution is 5.21. The van der Waals surface area contributed by atoms with Crippen molar-refractivity contribution in [2.75, 3.05) is 39.3 Å². The van der Waals surface area contributed by atoms with Gasteiger partial charge >= 0.3 is 0 Å². The third-order valence-electron chi connectivity index (χ3n) is 4.65. The molecule has 2 heterocycles. The van der Waals surface area contributed by atoms with Gasteiger partial charge in [0.15, 0.2) is 0 Å². The molecule has 0 saturated carbocycles. The first-order valence-electron chi connectivity index (χ1n) is 8.39. The zero-order valence-corrected chi connectivity index (χ0v) is 12.9. The Morgan fingerprint density at radius 1 is 1.14 bits per heavy atom. The molecule has 0 N–H and O–H groups in total. The minimum Gasteiger partial charge on any atom is -0.493 e. The van der Waals surface area contributed by atoms with E-state index >= 15 is 0 Å². The molecule has 0 amide bonds. The zero-order valence-electron chi connectivity index (χ0n) is 12.9. The molecule has 2 aliphatic heterocycles. The van der Waals surface area contributed by atoms with Crippen LogP contribution in [0.4, 0.5) is 0 Å². The summed E-state index contributed by atoms with van der Waals surface area (Å²) < 4.78 is 5.75. The summed E-state index contributed by atoms with van der Waals surface area (Å²) in [5.74, 6) is 0.906. The van der Waals surface area contributed by atoms with Crippen LogP contribution >= 0.6 is 0 Å². The largest absolute Gasteiger partial charge is 0.493 e. The number of ether oxygens (including phenoxy) is 1. The van der Waals surface area contributed by atoms with Gasteiger partial charge < -0.3 is 9.64 Å². The highest BCUT2D eigenvalue weighted by Crippen LogP contribution is 2.20. The highest BCUT2D eigenvalue weighted by Gasteiger charge is 2.26. The van der Waals surface area contributed by atoms with Gasteiger partial charge in [-0.15, -0.1) is 0 Å². The molecule has 1 atom stereocenters. The summed E-state index contributed by atoms with van der Waals surface area (Å²) in [6, 6.07) is 0.780. The Morgan fingerprint density at radius 2 is 2.05 bits per heavy atom. The maximum Gasteiger partial charge on any atom is 0.128 e. The first-order valence-corrected chi connectivity index (χ1v) is 8.39. The van der Waals surface area contributed by atoms with Crippen LogP contribution in [0.3, 0.4) is 0 Å². The van der Waals surface area contributed by atoms with E-state index in [0.29, 0.717) is 0 Å². The first-order chi connectivity index (χ1) is 10.4. The second-order valence-electron chi connectivity index (χ2n) is 6.21. The normalized spacial score (nSPS) is 25.7. The second kappa shape index (κ2) is 7.68. The van der Waals surface area contributed by atoms with Gasteiger partial charge in [0, 0.05) is 25.2 Å². The van der Waals surface area contributed by atoms with Crippen LogP contribution in [0.15, 0.2) is 35.4 Å². The molecule has 0 aromatic heterocycles. The molecule has 3 nitrogen and oxygen atoms in total. The van der Waals surface area contributed by atoms with Gasteiger partial charge in [0.2, 0.25) is 0 Å². The van der Waals surface area contributed by atoms with Gasteiger partial charge in [0.25, 0.3) is 0 Å². The SMILES string of the molecule is C1=C=CC(OCCCN2CCC[C@H]2CN2CCCC2)=CC=1. The fourth-order valence-electron chi connectivity index (χ4n) is 3.54. The van der Waals surface area contributed by atoms with Crippen molar-refractivity contribution < 1.29 is 4.74 Å². The van der Waals surface area contributed by atoms with E-state index in [1.54, 1.807) is 0 Å². The predicted molar refractivity (Wildman–Crippen MR) is 85.1 cm³/mol. The van der Waals surface area contributed by atoms with E-state index in [-0.39, 0.29) is 0 Å². The lowest BCUT2D eigenvalue weighted by Crippen LogP contribution is -2.39. The van der Waals surface area contributed by atoms with E-state index in [0.717, 1.165) is 24.8 Å². The van der Waals surface area contributed by atoms with Crippen LogP contribution < -0.4 is 0 Å². The van der Waals surface area contributed by atoms with Crippen LogP contribution in [0.2, 0.25) is 0 Å². The van der Waals surface area contributed by atoms with Crippen molar-refractivity contribution in [3.8, 4) is 0 Å². The Bertz CT molecular complexity index is 464. The van der Waals surface area contributed by atoms with Crippen LogP contribution in [0, 0.1) is 0 Å². The monoisotopic (exact) mass is 286 g/mol. The molecule has 0 spiro atoms. The van der Waals surface area contributed by atoms with Crippen molar-refractivity contribution in [1.82, 2.24) is 9.80 Å². The van der Waals surface area contributed by atoms with Gasteiger partial charge in [-0.05, 0) is 63.9 Å². The molecule has 3 aliphatic rings. The smallest absolute Gasteiger partial charge is 0.128 e. The van der Waals surface area contributed by atoms with E-state index in [1.165, 1.54) is 58.4 Å². The van der Waals surface area contributed by atoms with E-state index in [1.807, 2.05) is 18.2 Å². The Balaban J connectivity index is 1.35. The molecule has 0 unspecified atom stereocenters. The quantitative estimate of drug-likeness (QED) is 0.529. The Labute approximate surface area is 128 Å². The van der Waals surface area contributed by atoms with Gasteiger partial charge in [-0.25, -0.2) is 0 Å². The average molecular weight is 286 g/mol. The van der Waals surface area contributed by atoms with Crippen LogP contribution in [0.1, 0.15) is 32.1 Å². The Morgan fingerprint density at radius 3 is 2.86 bits per heavy atom. The van der Waals surface area contributed by atoms with Crippen LogP contribution in [-0.4, -0.2) is 55.2 Å². The minimum atomic E-state index is 0.780. The molecule has 1 aliphatic carbocycles. The fraction of sp³-hybridized carbons (Fsp3) is 0.667. The van der Waals surface area contributed by atoms with Crippen molar-refractivity contribution in [3.63, 3.8) is 0 Å². The number of hydrogen-bond donors (Lipinski definition) is 0. The molecule has 2 fully saturated rings. The van der Waals surface area contributed by atoms with E-state index < -0.39 is 0 Å². The molecule has 2 saturated heterocycles. The maximum atomic E-state index is 5.75. The summed E-state index contributed by atoms with van der Waals surface area (Å²) in [6.07, 6.45) is 12.3. The van der Waals surface area contributed by atoms with E-state index in [9.17, 15) is 0 Å². The van der Waals surface area contributed by atoms with Crippen molar-refractivity contribution in [2.24, 2.45) is 0 Å². The summed E-state index contributed by atoms with van der Waals surface area (Å²) >= 11 is 0. The van der Waals surface area contributed by atoms with Crippen molar-refractivity contribution in [2.45, 2.75) is 38.1 Å². The van der Waals surface area contributed by atoms with Crippen molar-refractivity contribution in [1.29, 1.82) is 0 Å². The van der Waals surface area contributed by atoms with Gasteiger partial charge in [0.05, 0.1) is 6.61 Å². The third-order valence-corrected chi connectivity index (χ3v) is 4.65. The first kappa shape index (κ1) is 14.7. The maximum absolute atomic E-state index is 5.75. The molecule has 0 bridgehead atoms. The highest BCUT2D eigenvalue weighted by atomic mass is 16.5. The standard InChI is InChI=1S/C18H26N2O/c1-2-9-18(10-3-1)21-15-7-14-20-13-6-8-17(20)16-19-11-4-5-12-19/h2,9-10,17H,4-8,11-16H2/t17-/m0/s1. The molecule has 0 aromatic carbocycles. The molecule has 0 aromatic rings. The van der Waals surface area contributed by atoms with Gasteiger partial charge in [-0.3, -0.25) is 4.90 Å². The molecule has 114 valence electrons. The number of likely N-dealkylation sites (tertiary alicyclic amines) is 2. The predicted octanol–water partition coefficient (Wildman–Crippen LogP) is 2.72. The van der Waals surface area contributed by atoms with Gasteiger partial charge in [-0.2, -0.15) is 0 Å².